The molecule has 8 heteroatoms. The number of carboxylic acids is 1. The van der Waals surface area contributed by atoms with Crippen LogP contribution in [0.4, 0.5) is 0 Å². The fourth-order valence-electron chi connectivity index (χ4n) is 5.26. The SMILES string of the molecule is C=C1C(=O)O[C@@H]2[C@@H](C)[C@@H]3C=CC(=O)[C@@]3(C)[C@](O)(C/C=C(\C)C(=O)[O-])[C@H]1[C@@H]2OC(C)=O. The van der Waals surface area contributed by atoms with Gasteiger partial charge in [0.1, 0.15) is 12.2 Å². The first-order chi connectivity index (χ1) is 13.9. The van der Waals surface area contributed by atoms with E-state index in [1.807, 2.05) is 0 Å². The fourth-order valence-corrected chi connectivity index (χ4v) is 5.26. The molecule has 2 aliphatic carbocycles. The topological polar surface area (TPSA) is 130 Å². The molecule has 1 saturated heterocycles. The van der Waals surface area contributed by atoms with Crippen molar-refractivity contribution in [3.8, 4) is 0 Å². The van der Waals surface area contributed by atoms with Crippen LogP contribution in [0.5, 0.6) is 0 Å². The predicted octanol–water partition coefficient (Wildman–Crippen LogP) is 0.244. The van der Waals surface area contributed by atoms with Gasteiger partial charge in [-0.2, -0.15) is 0 Å². The van der Waals surface area contributed by atoms with E-state index in [-0.39, 0.29) is 23.4 Å². The lowest BCUT2D eigenvalue weighted by Crippen LogP contribution is -2.61. The minimum atomic E-state index is -1.98. The van der Waals surface area contributed by atoms with Crippen molar-refractivity contribution in [2.24, 2.45) is 23.2 Å². The molecular formula is C22H25O8-. The number of carboxylic acid groups (broad SMARTS) is 1. The minimum Gasteiger partial charge on any atom is -0.545 e. The third-order valence-corrected chi connectivity index (χ3v) is 7.01. The van der Waals surface area contributed by atoms with Crippen LogP contribution in [0.25, 0.3) is 0 Å². The van der Waals surface area contributed by atoms with Gasteiger partial charge in [0.25, 0.3) is 0 Å². The maximum Gasteiger partial charge on any atom is 0.334 e. The number of ether oxygens (including phenoxy) is 2. The number of esters is 2. The summed E-state index contributed by atoms with van der Waals surface area (Å²) in [6, 6.07) is 0. The quantitative estimate of drug-likeness (QED) is 0.509. The summed E-state index contributed by atoms with van der Waals surface area (Å²) in [6.45, 7) is 9.62. The van der Waals surface area contributed by atoms with E-state index in [0.29, 0.717) is 0 Å². The van der Waals surface area contributed by atoms with Crippen molar-refractivity contribution >= 4 is 23.7 Å². The van der Waals surface area contributed by atoms with Crippen LogP contribution in [0.15, 0.2) is 36.0 Å². The Bertz CT molecular complexity index is 899. The number of aliphatic carboxylic acids is 1. The maximum absolute atomic E-state index is 13.1. The van der Waals surface area contributed by atoms with E-state index in [1.54, 1.807) is 19.9 Å². The highest BCUT2D eigenvalue weighted by Gasteiger charge is 2.70. The zero-order valence-electron chi connectivity index (χ0n) is 17.3. The van der Waals surface area contributed by atoms with Gasteiger partial charge in [0.15, 0.2) is 5.78 Å². The van der Waals surface area contributed by atoms with E-state index in [9.17, 15) is 29.4 Å². The van der Waals surface area contributed by atoms with E-state index < -0.39 is 58.9 Å². The molecule has 1 N–H and O–H groups in total. The normalized spacial score (nSPS) is 40.5. The van der Waals surface area contributed by atoms with Crippen molar-refractivity contribution in [2.45, 2.75) is 51.9 Å². The van der Waals surface area contributed by atoms with E-state index in [2.05, 4.69) is 6.58 Å². The number of hydrogen-bond acceptors (Lipinski definition) is 8. The van der Waals surface area contributed by atoms with Gasteiger partial charge in [-0.3, -0.25) is 9.59 Å². The van der Waals surface area contributed by atoms with E-state index in [0.717, 1.165) is 0 Å². The molecule has 0 radical (unpaired) electrons. The van der Waals surface area contributed by atoms with Gasteiger partial charge < -0.3 is 24.5 Å². The third kappa shape index (κ3) is 2.93. The lowest BCUT2D eigenvalue weighted by Gasteiger charge is -2.49. The van der Waals surface area contributed by atoms with Crippen molar-refractivity contribution in [1.82, 2.24) is 0 Å². The summed E-state index contributed by atoms with van der Waals surface area (Å²) in [7, 11) is 0. The van der Waals surface area contributed by atoms with Crippen LogP contribution < -0.4 is 5.11 Å². The van der Waals surface area contributed by atoms with E-state index in [1.165, 1.54) is 26.0 Å². The monoisotopic (exact) mass is 417 g/mol. The molecular weight excluding hydrogens is 392 g/mol. The molecule has 30 heavy (non-hydrogen) atoms. The van der Waals surface area contributed by atoms with Crippen molar-refractivity contribution in [2.75, 3.05) is 0 Å². The van der Waals surface area contributed by atoms with Crippen molar-refractivity contribution in [3.05, 3.63) is 36.0 Å². The van der Waals surface area contributed by atoms with Gasteiger partial charge in [-0.1, -0.05) is 25.7 Å². The first kappa shape index (κ1) is 22.0. The number of allylic oxidation sites excluding steroid dienone is 2. The molecule has 0 spiro atoms. The Balaban J connectivity index is 2.28. The molecule has 0 aromatic carbocycles. The zero-order chi connectivity index (χ0) is 22.6. The predicted molar refractivity (Wildman–Crippen MR) is 101 cm³/mol. The Kier molecular flexibility index (Phi) is 5.27. The molecule has 1 aliphatic heterocycles. The first-order valence-electron chi connectivity index (χ1n) is 9.76. The number of carbonyl (C=O) groups excluding carboxylic acids is 4. The highest BCUT2D eigenvalue weighted by molar-refractivity contribution is 5.99. The van der Waals surface area contributed by atoms with Crippen LogP contribution in [-0.4, -0.2) is 46.6 Å². The van der Waals surface area contributed by atoms with E-state index >= 15 is 0 Å². The molecule has 0 aromatic heterocycles. The third-order valence-electron chi connectivity index (χ3n) is 7.01. The van der Waals surface area contributed by atoms with Gasteiger partial charge in [0.2, 0.25) is 0 Å². The molecule has 7 atom stereocenters. The fraction of sp³-hybridized carbons (Fsp3) is 0.545. The molecule has 0 amide bonds. The molecule has 0 aromatic rings. The molecule has 2 fully saturated rings. The Morgan fingerprint density at radius 1 is 1.37 bits per heavy atom. The van der Waals surface area contributed by atoms with E-state index in [4.69, 9.17) is 9.47 Å². The molecule has 0 unspecified atom stereocenters. The number of ketones is 1. The zero-order valence-corrected chi connectivity index (χ0v) is 17.3. The lowest BCUT2D eigenvalue weighted by molar-refractivity contribution is -0.299. The van der Waals surface area contributed by atoms with Crippen LogP contribution in [0.1, 0.15) is 34.1 Å². The smallest absolute Gasteiger partial charge is 0.334 e. The maximum atomic E-state index is 13.1. The summed E-state index contributed by atoms with van der Waals surface area (Å²) < 4.78 is 11.0. The van der Waals surface area contributed by atoms with Gasteiger partial charge >= 0.3 is 11.9 Å². The second-order valence-corrected chi connectivity index (χ2v) is 8.56. The van der Waals surface area contributed by atoms with Gasteiger partial charge in [-0.25, -0.2) is 4.79 Å². The van der Waals surface area contributed by atoms with Gasteiger partial charge in [-0.05, 0) is 37.8 Å². The molecule has 2 bridgehead atoms. The van der Waals surface area contributed by atoms with Gasteiger partial charge in [0, 0.05) is 18.4 Å². The summed E-state index contributed by atoms with van der Waals surface area (Å²) in [4.78, 5) is 48.7. The molecule has 3 rings (SSSR count). The average molecular weight is 417 g/mol. The van der Waals surface area contributed by atoms with Crippen LogP contribution in [0.3, 0.4) is 0 Å². The van der Waals surface area contributed by atoms with Crippen molar-refractivity contribution in [1.29, 1.82) is 0 Å². The second kappa shape index (κ2) is 7.19. The summed E-state index contributed by atoms with van der Waals surface area (Å²) in [6.07, 6.45) is 2.03. The standard InChI is InChI=1S/C22H26O8/c1-10(19(25)26)8-9-22(28)16-12(3)20(27)30-17(18(16)29-13(4)23)11(2)14-6-7-15(24)21(14,22)5/h6-8,11,14,16-18,28H,3,9H2,1-2,4-5H3,(H,25,26)/p-1/b10-8+/t11-,14-,16+,17+,18-,21-,22-/m0/s1. The second-order valence-electron chi connectivity index (χ2n) is 8.56. The molecule has 1 saturated carbocycles. The molecule has 162 valence electrons. The summed E-state index contributed by atoms with van der Waals surface area (Å²) >= 11 is 0. The van der Waals surface area contributed by atoms with Crippen LogP contribution in [-0.2, 0) is 28.7 Å². The molecule has 8 nitrogen and oxygen atoms in total. The Morgan fingerprint density at radius 2 is 2.00 bits per heavy atom. The highest BCUT2D eigenvalue weighted by Crippen LogP contribution is 2.60. The summed E-state index contributed by atoms with van der Waals surface area (Å²) in [5, 5.41) is 23.3. The van der Waals surface area contributed by atoms with Crippen LogP contribution in [0, 0.1) is 23.2 Å². The van der Waals surface area contributed by atoms with Crippen LogP contribution >= 0.6 is 0 Å². The largest absolute Gasteiger partial charge is 0.545 e. The number of rotatable bonds is 4. The van der Waals surface area contributed by atoms with Crippen LogP contribution in [0.2, 0.25) is 0 Å². The lowest BCUT2D eigenvalue weighted by atomic mass is 9.57. The minimum absolute atomic E-state index is 0.131. The number of carbonyl (C=O) groups is 4. The molecule has 1 heterocycles. The summed E-state index contributed by atoms with van der Waals surface area (Å²) in [5.41, 5.74) is -3.67. The van der Waals surface area contributed by atoms with Gasteiger partial charge in [-0.15, -0.1) is 0 Å². The highest BCUT2D eigenvalue weighted by atomic mass is 16.6. The summed E-state index contributed by atoms with van der Waals surface area (Å²) in [5.74, 6) is -5.36. The Hall–Kier alpha value is -2.74. The van der Waals surface area contributed by atoms with Crippen molar-refractivity contribution < 1.29 is 38.9 Å². The Labute approximate surface area is 174 Å². The first-order valence-corrected chi connectivity index (χ1v) is 9.76. The average Bonchev–Trinajstić information content (AvgIpc) is 2.95. The number of aliphatic hydroxyl groups is 1. The van der Waals surface area contributed by atoms with Gasteiger partial charge in [0.05, 0.1) is 22.9 Å². The van der Waals surface area contributed by atoms with Crippen molar-refractivity contribution in [3.63, 3.8) is 0 Å². The number of hydrogen-bond donors (Lipinski definition) is 1. The number of fused-ring (bicyclic) bond motifs is 3. The Morgan fingerprint density at radius 3 is 2.57 bits per heavy atom. The molecule has 3 aliphatic rings.